The van der Waals surface area contributed by atoms with Gasteiger partial charge in [0.1, 0.15) is 11.4 Å². The van der Waals surface area contributed by atoms with Crippen LogP contribution in [-0.4, -0.2) is 23.7 Å². The highest BCUT2D eigenvalue weighted by Crippen LogP contribution is 2.31. The van der Waals surface area contributed by atoms with E-state index in [1.54, 1.807) is 30.6 Å². The fraction of sp³-hybridized carbons (Fsp3) is 0.273. The maximum absolute atomic E-state index is 12.3. The van der Waals surface area contributed by atoms with Crippen molar-refractivity contribution in [1.29, 1.82) is 0 Å². The van der Waals surface area contributed by atoms with Gasteiger partial charge in [-0.15, -0.1) is 11.3 Å². The largest absolute Gasteiger partial charge is 0.497 e. The Kier molecular flexibility index (Phi) is 5.99. The average molecular weight is 397 g/mol. The van der Waals surface area contributed by atoms with Gasteiger partial charge in [-0.1, -0.05) is 6.07 Å². The fourth-order valence-corrected chi connectivity index (χ4v) is 3.28. The van der Waals surface area contributed by atoms with E-state index in [4.69, 9.17) is 9.47 Å². The lowest BCUT2D eigenvalue weighted by Crippen LogP contribution is -2.24. The van der Waals surface area contributed by atoms with E-state index in [0.29, 0.717) is 12.1 Å². The Morgan fingerprint density at radius 3 is 2.46 bits per heavy atom. The minimum Gasteiger partial charge on any atom is -0.497 e. The normalized spacial score (nSPS) is 11.1. The maximum Gasteiger partial charge on any atom is 0.338 e. The number of anilines is 2. The highest BCUT2D eigenvalue weighted by atomic mass is 32.1. The van der Waals surface area contributed by atoms with Crippen molar-refractivity contribution < 1.29 is 14.3 Å². The van der Waals surface area contributed by atoms with Crippen LogP contribution in [0, 0.1) is 0 Å². The van der Waals surface area contributed by atoms with Gasteiger partial charge in [-0.2, -0.15) is 0 Å². The van der Waals surface area contributed by atoms with Crippen LogP contribution in [-0.2, 0) is 11.3 Å². The van der Waals surface area contributed by atoms with E-state index in [9.17, 15) is 4.79 Å². The predicted octanol–water partition coefficient (Wildman–Crippen LogP) is 5.45. The molecule has 0 saturated carbocycles. The molecule has 28 heavy (non-hydrogen) atoms. The molecular weight excluding hydrogens is 372 g/mol. The molecule has 0 bridgehead atoms. The molecule has 0 unspecified atom stereocenters. The number of methoxy groups -OCH3 is 1. The number of hydrogen-bond acceptors (Lipinski definition) is 6. The molecule has 2 aromatic carbocycles. The van der Waals surface area contributed by atoms with Crippen LogP contribution < -0.4 is 9.64 Å². The molecule has 0 radical (unpaired) electrons. The number of aromatic nitrogens is 1. The molecule has 0 saturated heterocycles. The van der Waals surface area contributed by atoms with E-state index in [-0.39, 0.29) is 5.97 Å². The average Bonchev–Trinajstić information content (AvgIpc) is 3.18. The Labute approximate surface area is 169 Å². The Morgan fingerprint density at radius 1 is 1.11 bits per heavy atom. The van der Waals surface area contributed by atoms with Crippen molar-refractivity contribution in [2.24, 2.45) is 0 Å². The van der Waals surface area contributed by atoms with Crippen LogP contribution in [0.2, 0.25) is 0 Å². The molecular formula is C22H24N2O3S. The van der Waals surface area contributed by atoms with Crippen LogP contribution >= 0.6 is 11.3 Å². The van der Waals surface area contributed by atoms with Crippen molar-refractivity contribution in [3.63, 3.8) is 0 Å². The first-order valence-corrected chi connectivity index (χ1v) is 9.86. The first-order valence-electron chi connectivity index (χ1n) is 8.98. The quantitative estimate of drug-likeness (QED) is 0.519. The number of hydrogen-bond donors (Lipinski definition) is 0. The second kappa shape index (κ2) is 8.44. The Bertz CT molecular complexity index is 916. The van der Waals surface area contributed by atoms with Gasteiger partial charge < -0.3 is 14.4 Å². The number of carbonyl (C=O) groups excluding carboxylic acids is 1. The van der Waals surface area contributed by atoms with Gasteiger partial charge in [0.2, 0.25) is 0 Å². The summed E-state index contributed by atoms with van der Waals surface area (Å²) in [6.45, 7) is 6.25. The molecule has 0 fully saturated rings. The Morgan fingerprint density at radius 2 is 1.86 bits per heavy atom. The van der Waals surface area contributed by atoms with E-state index >= 15 is 0 Å². The Hall–Kier alpha value is -2.86. The summed E-state index contributed by atoms with van der Waals surface area (Å²) < 4.78 is 10.8. The van der Waals surface area contributed by atoms with E-state index < -0.39 is 5.60 Å². The molecule has 0 N–H and O–H groups in total. The lowest BCUT2D eigenvalue weighted by atomic mass is 10.1. The zero-order valence-electron chi connectivity index (χ0n) is 16.5. The minimum atomic E-state index is -0.519. The van der Waals surface area contributed by atoms with Crippen LogP contribution in [0.1, 0.15) is 36.0 Å². The standard InChI is InChI=1S/C22H24N2O3S/c1-22(2,3)27-21(25)16-8-10-17(11-9-16)24(14-20-13-23-15-28-20)18-6-5-7-19(12-18)26-4/h5-13,15H,14H2,1-4H3. The van der Waals surface area contributed by atoms with Crippen molar-refractivity contribution in [3.8, 4) is 5.75 Å². The summed E-state index contributed by atoms with van der Waals surface area (Å²) in [7, 11) is 1.66. The number of benzene rings is 2. The van der Waals surface area contributed by atoms with Gasteiger partial charge in [0, 0.05) is 28.5 Å². The topological polar surface area (TPSA) is 51.7 Å². The molecule has 6 heteroatoms. The third-order valence-electron chi connectivity index (χ3n) is 3.98. The van der Waals surface area contributed by atoms with Gasteiger partial charge in [0.15, 0.2) is 0 Å². The molecule has 0 spiro atoms. The lowest BCUT2D eigenvalue weighted by Gasteiger charge is -2.25. The van der Waals surface area contributed by atoms with Crippen molar-refractivity contribution in [2.75, 3.05) is 12.0 Å². The first kappa shape index (κ1) is 19.9. The number of rotatable bonds is 6. The van der Waals surface area contributed by atoms with Gasteiger partial charge in [0.25, 0.3) is 0 Å². The van der Waals surface area contributed by atoms with Crippen LogP contribution in [0.5, 0.6) is 5.75 Å². The number of thiazole rings is 1. The summed E-state index contributed by atoms with van der Waals surface area (Å²) in [4.78, 5) is 19.8. The molecule has 0 aliphatic carbocycles. The SMILES string of the molecule is COc1cccc(N(Cc2cncs2)c2ccc(C(=O)OC(C)(C)C)cc2)c1. The summed E-state index contributed by atoms with van der Waals surface area (Å²) in [5, 5.41) is 0. The Balaban J connectivity index is 1.90. The molecule has 5 nitrogen and oxygen atoms in total. The van der Waals surface area contributed by atoms with Crippen molar-refractivity contribution in [1.82, 2.24) is 4.98 Å². The monoisotopic (exact) mass is 396 g/mol. The van der Waals surface area contributed by atoms with E-state index in [1.165, 1.54) is 0 Å². The predicted molar refractivity (Wildman–Crippen MR) is 113 cm³/mol. The molecule has 3 rings (SSSR count). The van der Waals surface area contributed by atoms with Gasteiger partial charge in [-0.3, -0.25) is 4.98 Å². The zero-order chi connectivity index (χ0) is 20.1. The van der Waals surface area contributed by atoms with E-state index in [0.717, 1.165) is 22.0 Å². The molecule has 146 valence electrons. The summed E-state index contributed by atoms with van der Waals surface area (Å²) in [5.41, 5.74) is 3.80. The van der Waals surface area contributed by atoms with Crippen LogP contribution in [0.25, 0.3) is 0 Å². The van der Waals surface area contributed by atoms with Gasteiger partial charge >= 0.3 is 5.97 Å². The molecule has 0 aliphatic heterocycles. The smallest absolute Gasteiger partial charge is 0.338 e. The molecule has 0 atom stereocenters. The third kappa shape index (κ3) is 5.10. The van der Waals surface area contributed by atoms with E-state index in [1.807, 2.05) is 68.9 Å². The number of esters is 1. The first-order chi connectivity index (χ1) is 13.4. The third-order valence-corrected chi connectivity index (χ3v) is 4.74. The van der Waals surface area contributed by atoms with Gasteiger partial charge in [-0.05, 0) is 57.2 Å². The van der Waals surface area contributed by atoms with Gasteiger partial charge in [-0.25, -0.2) is 4.79 Å². The molecule has 0 amide bonds. The molecule has 1 aromatic heterocycles. The number of nitrogens with zero attached hydrogens (tertiary/aromatic N) is 2. The van der Waals surface area contributed by atoms with E-state index in [2.05, 4.69) is 9.88 Å². The summed E-state index contributed by atoms with van der Waals surface area (Å²) >= 11 is 1.61. The maximum atomic E-state index is 12.3. The second-order valence-electron chi connectivity index (χ2n) is 7.30. The lowest BCUT2D eigenvalue weighted by molar-refractivity contribution is 0.00695. The minimum absolute atomic E-state index is 0.325. The molecule has 1 heterocycles. The molecule has 0 aliphatic rings. The van der Waals surface area contributed by atoms with Crippen LogP contribution in [0.15, 0.2) is 60.2 Å². The van der Waals surface area contributed by atoms with Crippen LogP contribution in [0.4, 0.5) is 11.4 Å². The van der Waals surface area contributed by atoms with Crippen molar-refractivity contribution >= 4 is 28.7 Å². The zero-order valence-corrected chi connectivity index (χ0v) is 17.3. The van der Waals surface area contributed by atoms with Crippen molar-refractivity contribution in [2.45, 2.75) is 32.9 Å². The fourth-order valence-electron chi connectivity index (χ4n) is 2.70. The van der Waals surface area contributed by atoms with Gasteiger partial charge in [0.05, 0.1) is 24.7 Å². The highest BCUT2D eigenvalue weighted by molar-refractivity contribution is 7.09. The van der Waals surface area contributed by atoms with Crippen LogP contribution in [0.3, 0.4) is 0 Å². The second-order valence-corrected chi connectivity index (χ2v) is 8.28. The molecule has 3 aromatic rings. The summed E-state index contributed by atoms with van der Waals surface area (Å²) in [5.74, 6) is 0.464. The summed E-state index contributed by atoms with van der Waals surface area (Å²) in [6.07, 6.45) is 1.87. The number of carbonyl (C=O) groups is 1. The summed E-state index contributed by atoms with van der Waals surface area (Å²) in [6, 6.07) is 15.4. The highest BCUT2D eigenvalue weighted by Gasteiger charge is 2.18. The van der Waals surface area contributed by atoms with Crippen molar-refractivity contribution in [3.05, 3.63) is 70.7 Å². The number of ether oxygens (including phenoxy) is 2.